The molecule has 0 saturated heterocycles. The molecule has 1 heterocycles. The third-order valence-corrected chi connectivity index (χ3v) is 3.55. The Morgan fingerprint density at radius 1 is 1.11 bits per heavy atom. The average molecular weight is 251 g/mol. The maximum absolute atomic E-state index is 12.3. The van der Waals surface area contributed by atoms with Gasteiger partial charge in [-0.05, 0) is 18.1 Å². The molecule has 5 heteroatoms. The maximum atomic E-state index is 12.3. The van der Waals surface area contributed by atoms with Gasteiger partial charge in [0.25, 0.3) is 5.91 Å². The number of nitrogens with zero attached hydrogens (tertiary/aromatic N) is 1. The highest BCUT2D eigenvalue weighted by molar-refractivity contribution is 5.97. The Bertz CT molecular complexity index is 434. The molecule has 1 aromatic carbocycles. The first-order chi connectivity index (χ1) is 8.68. The Hall–Kier alpha value is -1.43. The molecule has 0 bridgehead atoms. The minimum Gasteiger partial charge on any atom is -0.394 e. The molecule has 1 aliphatic rings. The number of aliphatic hydroxyl groups excluding tert-OH is 3. The Labute approximate surface area is 105 Å². The number of carbonyl (C=O) groups excluding carboxylic acids is 1. The second-order valence-corrected chi connectivity index (χ2v) is 4.56. The van der Waals surface area contributed by atoms with Gasteiger partial charge in [0.05, 0.1) is 19.8 Å². The summed E-state index contributed by atoms with van der Waals surface area (Å²) in [5, 5.41) is 28.1. The van der Waals surface area contributed by atoms with E-state index in [0.717, 1.165) is 5.56 Å². The predicted octanol–water partition coefficient (Wildman–Crippen LogP) is -0.599. The van der Waals surface area contributed by atoms with Crippen LogP contribution in [0.5, 0.6) is 0 Å². The van der Waals surface area contributed by atoms with Crippen molar-refractivity contribution in [2.45, 2.75) is 12.0 Å². The van der Waals surface area contributed by atoms with Crippen molar-refractivity contribution in [3.63, 3.8) is 0 Å². The van der Waals surface area contributed by atoms with Gasteiger partial charge in [0.2, 0.25) is 0 Å². The van der Waals surface area contributed by atoms with Crippen LogP contribution in [0, 0.1) is 0 Å². The standard InChI is InChI=1S/C13H17NO4/c15-7-13(8-16,9-17)14-6-5-10-3-1-2-4-11(10)12(14)18/h1-4,15-17H,5-9H2. The number of fused-ring (bicyclic) bond motifs is 1. The molecule has 98 valence electrons. The number of hydrogen-bond donors (Lipinski definition) is 3. The molecule has 1 amide bonds. The van der Waals surface area contributed by atoms with Gasteiger partial charge >= 0.3 is 0 Å². The zero-order valence-corrected chi connectivity index (χ0v) is 10.0. The van der Waals surface area contributed by atoms with E-state index in [1.807, 2.05) is 12.1 Å². The summed E-state index contributed by atoms with van der Waals surface area (Å²) in [7, 11) is 0. The van der Waals surface area contributed by atoms with E-state index >= 15 is 0 Å². The molecule has 0 aromatic heterocycles. The summed E-state index contributed by atoms with van der Waals surface area (Å²) in [5.74, 6) is -0.256. The first-order valence-corrected chi connectivity index (χ1v) is 5.91. The molecule has 0 aliphatic carbocycles. The van der Waals surface area contributed by atoms with Crippen LogP contribution in [0.4, 0.5) is 0 Å². The second-order valence-electron chi connectivity index (χ2n) is 4.56. The minimum atomic E-state index is -1.29. The number of carbonyl (C=O) groups is 1. The fourth-order valence-electron chi connectivity index (χ4n) is 2.28. The average Bonchev–Trinajstić information content (AvgIpc) is 2.43. The molecule has 0 unspecified atom stereocenters. The second kappa shape index (κ2) is 5.06. The van der Waals surface area contributed by atoms with Crippen LogP contribution in [0.2, 0.25) is 0 Å². The lowest BCUT2D eigenvalue weighted by Crippen LogP contribution is -2.61. The monoisotopic (exact) mass is 251 g/mol. The van der Waals surface area contributed by atoms with Crippen LogP contribution in [-0.4, -0.2) is 58.0 Å². The van der Waals surface area contributed by atoms with E-state index in [1.165, 1.54) is 4.90 Å². The van der Waals surface area contributed by atoms with Crippen LogP contribution < -0.4 is 0 Å². The Balaban J connectivity index is 2.37. The van der Waals surface area contributed by atoms with Crippen LogP contribution in [0.15, 0.2) is 24.3 Å². The molecule has 0 saturated carbocycles. The molecule has 1 aromatic rings. The van der Waals surface area contributed by atoms with Gasteiger partial charge in [-0.15, -0.1) is 0 Å². The zero-order chi connectivity index (χ0) is 13.2. The van der Waals surface area contributed by atoms with Crippen molar-refractivity contribution in [2.24, 2.45) is 0 Å². The van der Waals surface area contributed by atoms with Crippen LogP contribution in [0.3, 0.4) is 0 Å². The Kier molecular flexibility index (Phi) is 3.65. The van der Waals surface area contributed by atoms with Crippen molar-refractivity contribution in [3.05, 3.63) is 35.4 Å². The van der Waals surface area contributed by atoms with Crippen molar-refractivity contribution >= 4 is 5.91 Å². The summed E-state index contributed by atoms with van der Waals surface area (Å²) in [4.78, 5) is 13.7. The normalized spacial score (nSPS) is 15.7. The van der Waals surface area contributed by atoms with Gasteiger partial charge in [0.15, 0.2) is 0 Å². The largest absolute Gasteiger partial charge is 0.394 e. The molecular formula is C13H17NO4. The van der Waals surface area contributed by atoms with E-state index in [2.05, 4.69) is 0 Å². The van der Waals surface area contributed by atoms with E-state index < -0.39 is 25.4 Å². The topological polar surface area (TPSA) is 81.0 Å². The van der Waals surface area contributed by atoms with E-state index in [0.29, 0.717) is 18.5 Å². The highest BCUT2D eigenvalue weighted by Crippen LogP contribution is 2.25. The third kappa shape index (κ3) is 1.90. The minimum absolute atomic E-state index is 0.256. The van der Waals surface area contributed by atoms with Gasteiger partial charge < -0.3 is 20.2 Å². The summed E-state index contributed by atoms with van der Waals surface area (Å²) >= 11 is 0. The van der Waals surface area contributed by atoms with Crippen LogP contribution in [0.1, 0.15) is 15.9 Å². The van der Waals surface area contributed by atoms with E-state index in [-0.39, 0.29) is 5.91 Å². The zero-order valence-electron chi connectivity index (χ0n) is 10.0. The summed E-state index contributed by atoms with van der Waals surface area (Å²) in [6.07, 6.45) is 0.656. The van der Waals surface area contributed by atoms with Gasteiger partial charge in [-0.3, -0.25) is 4.79 Å². The highest BCUT2D eigenvalue weighted by atomic mass is 16.3. The lowest BCUT2D eigenvalue weighted by molar-refractivity contribution is -0.0365. The molecule has 18 heavy (non-hydrogen) atoms. The smallest absolute Gasteiger partial charge is 0.254 e. The quantitative estimate of drug-likeness (QED) is 0.667. The predicted molar refractivity (Wildman–Crippen MR) is 65.2 cm³/mol. The van der Waals surface area contributed by atoms with Gasteiger partial charge in [-0.1, -0.05) is 18.2 Å². The molecule has 0 spiro atoms. The number of benzene rings is 1. The van der Waals surface area contributed by atoms with Gasteiger partial charge in [-0.2, -0.15) is 0 Å². The van der Waals surface area contributed by atoms with Crippen molar-refractivity contribution in [2.75, 3.05) is 26.4 Å². The molecule has 3 N–H and O–H groups in total. The Morgan fingerprint density at radius 2 is 1.72 bits per heavy atom. The highest BCUT2D eigenvalue weighted by Gasteiger charge is 2.40. The number of rotatable bonds is 4. The first kappa shape index (κ1) is 13.0. The SMILES string of the molecule is O=C1c2ccccc2CCN1C(CO)(CO)CO. The van der Waals surface area contributed by atoms with E-state index in [4.69, 9.17) is 0 Å². The van der Waals surface area contributed by atoms with E-state index in [1.54, 1.807) is 12.1 Å². The lowest BCUT2D eigenvalue weighted by atomic mass is 9.92. The molecular weight excluding hydrogens is 234 g/mol. The van der Waals surface area contributed by atoms with Crippen molar-refractivity contribution in [3.8, 4) is 0 Å². The molecule has 0 atom stereocenters. The van der Waals surface area contributed by atoms with Crippen LogP contribution >= 0.6 is 0 Å². The molecule has 0 radical (unpaired) electrons. The van der Waals surface area contributed by atoms with Gasteiger partial charge in [0.1, 0.15) is 5.54 Å². The van der Waals surface area contributed by atoms with Crippen LogP contribution in [-0.2, 0) is 6.42 Å². The van der Waals surface area contributed by atoms with Gasteiger partial charge in [0, 0.05) is 12.1 Å². The third-order valence-electron chi connectivity index (χ3n) is 3.55. The van der Waals surface area contributed by atoms with Crippen molar-refractivity contribution < 1.29 is 20.1 Å². The van der Waals surface area contributed by atoms with Crippen LogP contribution in [0.25, 0.3) is 0 Å². The molecule has 0 fully saturated rings. The fraction of sp³-hybridized carbons (Fsp3) is 0.462. The fourth-order valence-corrected chi connectivity index (χ4v) is 2.28. The lowest BCUT2D eigenvalue weighted by Gasteiger charge is -2.42. The summed E-state index contributed by atoms with van der Waals surface area (Å²) < 4.78 is 0. The van der Waals surface area contributed by atoms with Gasteiger partial charge in [-0.25, -0.2) is 0 Å². The molecule has 2 rings (SSSR count). The van der Waals surface area contributed by atoms with Crippen molar-refractivity contribution in [1.29, 1.82) is 0 Å². The maximum Gasteiger partial charge on any atom is 0.254 e. The number of aliphatic hydroxyl groups is 3. The number of amides is 1. The molecule has 5 nitrogen and oxygen atoms in total. The summed E-state index contributed by atoms with van der Waals surface area (Å²) in [6, 6.07) is 7.27. The summed E-state index contributed by atoms with van der Waals surface area (Å²) in [5.41, 5.74) is 0.245. The van der Waals surface area contributed by atoms with Crippen molar-refractivity contribution in [1.82, 2.24) is 4.90 Å². The number of hydrogen-bond acceptors (Lipinski definition) is 4. The first-order valence-electron chi connectivity index (χ1n) is 5.91. The summed E-state index contributed by atoms with van der Waals surface area (Å²) in [6.45, 7) is -1.01. The molecule has 1 aliphatic heterocycles. The van der Waals surface area contributed by atoms with E-state index in [9.17, 15) is 20.1 Å². The Morgan fingerprint density at radius 3 is 2.33 bits per heavy atom.